The summed E-state index contributed by atoms with van der Waals surface area (Å²) in [5, 5.41) is 33.5. The molecule has 2 aliphatic heterocycles. The van der Waals surface area contributed by atoms with Crippen LogP contribution in [0.25, 0.3) is 21.7 Å². The maximum Gasteiger partial charge on any atom is 0.287 e. The van der Waals surface area contributed by atoms with Gasteiger partial charge in [0.05, 0.1) is 40.5 Å². The Morgan fingerprint density at radius 1 is 1.04 bits per heavy atom. The summed E-state index contributed by atoms with van der Waals surface area (Å²) in [4.78, 5) is 64.7. The lowest BCUT2D eigenvalue weighted by Gasteiger charge is -2.37. The fourth-order valence-corrected chi connectivity index (χ4v) is 7.84. The Hall–Kier alpha value is -5.12. The molecule has 15 heteroatoms. The van der Waals surface area contributed by atoms with Gasteiger partial charge in [0.15, 0.2) is 0 Å². The largest absolute Gasteiger partial charge is 0.507 e. The number of nitrogens with zero attached hydrogens (tertiary/aromatic N) is 5. The van der Waals surface area contributed by atoms with Crippen molar-refractivity contribution >= 4 is 34.7 Å². The van der Waals surface area contributed by atoms with Gasteiger partial charge in [-0.25, -0.2) is 10.1 Å². The number of phenolic OH excluding ortho intramolecular Hbond substituents is 1. The van der Waals surface area contributed by atoms with Crippen molar-refractivity contribution in [2.24, 2.45) is 5.41 Å². The van der Waals surface area contributed by atoms with Crippen LogP contribution in [0.2, 0.25) is 0 Å². The molecule has 0 radical (unpaired) electrons. The summed E-state index contributed by atoms with van der Waals surface area (Å²) in [7, 11) is 0. The fourth-order valence-electron chi connectivity index (χ4n) is 7.03. The molecular weight excluding hydrogens is 709 g/mol. The average Bonchev–Trinajstić information content (AvgIpc) is 3.76. The molecule has 54 heavy (non-hydrogen) atoms. The number of hydrogen-bond donors (Lipinski definition) is 5. The third kappa shape index (κ3) is 8.64. The first-order valence-corrected chi connectivity index (χ1v) is 19.0. The molecule has 1 unspecified atom stereocenters. The predicted octanol–water partition coefficient (Wildman–Crippen LogP) is 3.07. The number of amides is 3. The number of aromatic amines is 1. The van der Waals surface area contributed by atoms with Crippen LogP contribution in [-0.2, 0) is 14.4 Å². The minimum absolute atomic E-state index is 0.0155. The zero-order valence-electron chi connectivity index (χ0n) is 31.2. The molecule has 2 aliphatic rings. The number of para-hydroxylation sites is 1. The molecule has 2 fully saturated rings. The van der Waals surface area contributed by atoms with Crippen molar-refractivity contribution in [3.8, 4) is 27.4 Å². The van der Waals surface area contributed by atoms with Crippen molar-refractivity contribution in [1.29, 1.82) is 0 Å². The van der Waals surface area contributed by atoms with Crippen molar-refractivity contribution in [3.05, 3.63) is 81.7 Å². The molecule has 4 atom stereocenters. The van der Waals surface area contributed by atoms with Gasteiger partial charge in [-0.3, -0.25) is 24.1 Å². The Morgan fingerprint density at radius 3 is 2.39 bits per heavy atom. The van der Waals surface area contributed by atoms with E-state index in [0.29, 0.717) is 43.1 Å². The summed E-state index contributed by atoms with van der Waals surface area (Å²) >= 11 is 1.57. The van der Waals surface area contributed by atoms with E-state index in [-0.39, 0.29) is 48.7 Å². The van der Waals surface area contributed by atoms with Crippen molar-refractivity contribution in [1.82, 2.24) is 35.6 Å². The van der Waals surface area contributed by atoms with E-state index in [1.54, 1.807) is 41.7 Å². The normalized spacial score (nSPS) is 19.0. The van der Waals surface area contributed by atoms with Crippen LogP contribution in [-0.4, -0.2) is 110 Å². The number of aromatic nitrogens is 3. The lowest BCUT2D eigenvalue weighted by atomic mass is 9.85. The molecule has 0 saturated carbocycles. The highest BCUT2D eigenvalue weighted by molar-refractivity contribution is 7.13. The van der Waals surface area contributed by atoms with Gasteiger partial charge < -0.3 is 30.6 Å². The monoisotopic (exact) mass is 756 g/mol. The molecule has 0 spiro atoms. The highest BCUT2D eigenvalue weighted by Gasteiger charge is 2.45. The van der Waals surface area contributed by atoms with Gasteiger partial charge in [-0.1, -0.05) is 57.2 Å². The number of rotatable bonds is 10. The van der Waals surface area contributed by atoms with Crippen LogP contribution in [0.15, 0.2) is 64.9 Å². The fraction of sp³-hybridized carbons (Fsp3) is 0.436. The zero-order chi connectivity index (χ0) is 38.7. The molecule has 0 bridgehead atoms. The Kier molecular flexibility index (Phi) is 11.5. The van der Waals surface area contributed by atoms with E-state index in [1.807, 2.05) is 74.2 Å². The molecular formula is C39H48N8O6S. The van der Waals surface area contributed by atoms with Crippen LogP contribution in [0.1, 0.15) is 51.4 Å². The number of aryl methyl sites for hydroxylation is 1. The minimum Gasteiger partial charge on any atom is -0.507 e. The molecule has 5 N–H and O–H groups in total. The van der Waals surface area contributed by atoms with Crippen molar-refractivity contribution in [2.75, 3.05) is 44.2 Å². The summed E-state index contributed by atoms with van der Waals surface area (Å²) in [5.41, 5.74) is 5.04. The van der Waals surface area contributed by atoms with Gasteiger partial charge in [0.1, 0.15) is 23.5 Å². The van der Waals surface area contributed by atoms with Crippen LogP contribution in [0, 0.1) is 12.3 Å². The summed E-state index contributed by atoms with van der Waals surface area (Å²) in [5.74, 6) is -1.08. The number of aromatic hydroxyl groups is 1. The number of H-pyrrole nitrogens is 1. The standard InChI is InChI=1S/C39H48N8O6S/c1-23(25-10-12-26(13-11-25)34-24(2)40-22-54-34)41-36(51)31-18-27(48)20-47(31)38(53)35(39(3,4)5)42-33(50)21-45-14-16-46(17-15-45)30-19-29(43-44-37(30)52)28-8-6-7-9-32(28)49/h6-13,19,22-23,27,31,35,48-49H,14-18,20-21H2,1-5H3,(H,41,51)(H,42,50)(H,44,52)/t23-,27+,31-,35?/m0/s1. The number of carbonyl (C=O) groups excluding carboxylic acids is 3. The van der Waals surface area contributed by atoms with Crippen molar-refractivity contribution < 1.29 is 24.6 Å². The summed E-state index contributed by atoms with van der Waals surface area (Å²) in [6.07, 6.45) is -0.784. The second-order valence-electron chi connectivity index (χ2n) is 15.1. The van der Waals surface area contributed by atoms with Crippen molar-refractivity contribution in [2.45, 2.75) is 65.3 Å². The number of piperazine rings is 1. The Labute approximate surface area is 318 Å². The van der Waals surface area contributed by atoms with Gasteiger partial charge in [0.2, 0.25) is 17.7 Å². The molecule has 2 aromatic heterocycles. The third-order valence-corrected chi connectivity index (χ3v) is 11.1. The number of carbonyl (C=O) groups is 3. The van der Waals surface area contributed by atoms with Crippen molar-refractivity contribution in [3.63, 3.8) is 0 Å². The Morgan fingerprint density at radius 2 is 1.74 bits per heavy atom. The van der Waals surface area contributed by atoms with Gasteiger partial charge in [0.25, 0.3) is 5.56 Å². The van der Waals surface area contributed by atoms with Crippen LogP contribution >= 0.6 is 11.3 Å². The lowest BCUT2D eigenvalue weighted by molar-refractivity contribution is -0.144. The van der Waals surface area contributed by atoms with Gasteiger partial charge in [-0.2, -0.15) is 5.10 Å². The van der Waals surface area contributed by atoms with E-state index in [9.17, 15) is 29.4 Å². The number of aliphatic hydroxyl groups is 1. The first-order valence-electron chi connectivity index (χ1n) is 18.1. The molecule has 2 saturated heterocycles. The van der Waals surface area contributed by atoms with E-state index in [0.717, 1.165) is 21.7 Å². The Balaban J connectivity index is 1.06. The summed E-state index contributed by atoms with van der Waals surface area (Å²) in [6, 6.07) is 14.2. The highest BCUT2D eigenvalue weighted by Crippen LogP contribution is 2.31. The molecule has 0 aliphatic carbocycles. The number of aliphatic hydroxyl groups excluding tert-OH is 1. The quantitative estimate of drug-likeness (QED) is 0.161. The molecule has 4 heterocycles. The van der Waals surface area contributed by atoms with Crippen LogP contribution in [0.3, 0.4) is 0 Å². The van der Waals surface area contributed by atoms with Crippen LogP contribution in [0.5, 0.6) is 5.75 Å². The molecule has 4 aromatic rings. The van der Waals surface area contributed by atoms with Gasteiger partial charge in [0, 0.05) is 44.7 Å². The van der Waals surface area contributed by atoms with Gasteiger partial charge >= 0.3 is 0 Å². The highest BCUT2D eigenvalue weighted by atomic mass is 32.1. The molecule has 14 nitrogen and oxygen atoms in total. The topological polar surface area (TPSA) is 184 Å². The first-order chi connectivity index (χ1) is 25.7. The zero-order valence-corrected chi connectivity index (χ0v) is 32.0. The van der Waals surface area contributed by atoms with E-state index in [2.05, 4.69) is 25.8 Å². The van der Waals surface area contributed by atoms with E-state index in [1.165, 1.54) is 4.90 Å². The second-order valence-corrected chi connectivity index (χ2v) is 16.0. The number of phenols is 1. The maximum absolute atomic E-state index is 14.1. The van der Waals surface area contributed by atoms with E-state index < -0.39 is 29.5 Å². The number of thiazole rings is 1. The van der Waals surface area contributed by atoms with Gasteiger partial charge in [-0.15, -0.1) is 11.3 Å². The molecule has 6 rings (SSSR count). The number of anilines is 1. The minimum atomic E-state index is -0.949. The van der Waals surface area contributed by atoms with Gasteiger partial charge in [-0.05, 0) is 48.6 Å². The van der Waals surface area contributed by atoms with E-state index >= 15 is 0 Å². The SMILES string of the molecule is Cc1ncsc1-c1ccc([C@H](C)NC(=O)[C@@H]2C[C@@H](O)CN2C(=O)C(NC(=O)CN2CCN(c3cc(-c4ccccc4O)n[nH]c3=O)CC2)C(C)(C)C)cc1. The maximum atomic E-state index is 14.1. The lowest BCUT2D eigenvalue weighted by Crippen LogP contribution is -2.59. The smallest absolute Gasteiger partial charge is 0.287 e. The van der Waals surface area contributed by atoms with Crippen LogP contribution in [0.4, 0.5) is 5.69 Å². The summed E-state index contributed by atoms with van der Waals surface area (Å²) in [6.45, 7) is 11.3. The molecule has 2 aromatic carbocycles. The number of hydrogen-bond acceptors (Lipinski definition) is 11. The van der Waals surface area contributed by atoms with Crippen LogP contribution < -0.4 is 21.1 Å². The molecule has 3 amide bonds. The number of nitrogens with one attached hydrogen (secondary N) is 3. The predicted molar refractivity (Wildman–Crippen MR) is 207 cm³/mol. The second kappa shape index (κ2) is 16.1. The summed E-state index contributed by atoms with van der Waals surface area (Å²) < 4.78 is 0. The first kappa shape index (κ1) is 38.6. The average molecular weight is 757 g/mol. The number of benzene rings is 2. The Bertz CT molecular complexity index is 2040. The number of likely N-dealkylation sites (tertiary alicyclic amines) is 1. The number of β-amino-alcohol motifs (C(OH)–C–C–N with tert-alkyl or cyclic N) is 1. The van der Waals surface area contributed by atoms with E-state index in [4.69, 9.17) is 0 Å². The third-order valence-electron chi connectivity index (χ3n) is 10.1. The molecule has 286 valence electrons.